The van der Waals surface area contributed by atoms with Crippen molar-refractivity contribution in [3.63, 3.8) is 0 Å². The Morgan fingerprint density at radius 1 is 1.39 bits per heavy atom. The highest BCUT2D eigenvalue weighted by Gasteiger charge is 2.13. The van der Waals surface area contributed by atoms with Crippen LogP contribution in [0.1, 0.15) is 24.2 Å². The van der Waals surface area contributed by atoms with Crippen LogP contribution in [-0.2, 0) is 11.3 Å². The lowest BCUT2D eigenvalue weighted by Crippen LogP contribution is -2.09. The minimum atomic E-state index is -0.894. The standard InChI is InChI=1S/C14H17NO3/c1-10(2)18-8-7-15-9-12(14(16)17)11-5-3-4-6-13(11)15/h3-6,9-10H,7-8H2,1-2H3,(H,16,17). The predicted molar refractivity (Wildman–Crippen MR) is 70.0 cm³/mol. The molecule has 0 radical (unpaired) electrons. The third kappa shape index (κ3) is 2.54. The Morgan fingerprint density at radius 2 is 2.11 bits per heavy atom. The van der Waals surface area contributed by atoms with Crippen molar-refractivity contribution >= 4 is 16.9 Å². The van der Waals surface area contributed by atoms with E-state index in [1.165, 1.54) is 0 Å². The van der Waals surface area contributed by atoms with Crippen LogP contribution < -0.4 is 0 Å². The van der Waals surface area contributed by atoms with E-state index in [0.717, 1.165) is 10.9 Å². The van der Waals surface area contributed by atoms with Crippen LogP contribution in [0.25, 0.3) is 10.9 Å². The van der Waals surface area contributed by atoms with Crippen molar-refractivity contribution in [1.82, 2.24) is 4.57 Å². The van der Waals surface area contributed by atoms with E-state index < -0.39 is 5.97 Å². The molecule has 0 aliphatic rings. The summed E-state index contributed by atoms with van der Waals surface area (Å²) in [5, 5.41) is 9.94. The summed E-state index contributed by atoms with van der Waals surface area (Å²) in [5.41, 5.74) is 1.28. The van der Waals surface area contributed by atoms with Crippen molar-refractivity contribution in [1.29, 1.82) is 0 Å². The third-order valence-corrected chi connectivity index (χ3v) is 2.80. The number of carbonyl (C=O) groups is 1. The van der Waals surface area contributed by atoms with Gasteiger partial charge in [-0.2, -0.15) is 0 Å². The maximum atomic E-state index is 11.2. The van der Waals surface area contributed by atoms with Crippen molar-refractivity contribution in [2.75, 3.05) is 6.61 Å². The van der Waals surface area contributed by atoms with Gasteiger partial charge < -0.3 is 14.4 Å². The number of aromatic nitrogens is 1. The minimum Gasteiger partial charge on any atom is -0.478 e. The van der Waals surface area contributed by atoms with Gasteiger partial charge in [0.2, 0.25) is 0 Å². The molecule has 4 nitrogen and oxygen atoms in total. The summed E-state index contributed by atoms with van der Waals surface area (Å²) in [4.78, 5) is 11.2. The largest absolute Gasteiger partial charge is 0.478 e. The molecule has 1 aromatic heterocycles. The molecule has 0 saturated carbocycles. The van der Waals surface area contributed by atoms with Gasteiger partial charge in [0.1, 0.15) is 0 Å². The zero-order valence-corrected chi connectivity index (χ0v) is 10.6. The summed E-state index contributed by atoms with van der Waals surface area (Å²) in [6.45, 7) is 5.20. The summed E-state index contributed by atoms with van der Waals surface area (Å²) in [6.07, 6.45) is 1.86. The van der Waals surface area contributed by atoms with Crippen molar-refractivity contribution < 1.29 is 14.6 Å². The van der Waals surface area contributed by atoms with Gasteiger partial charge in [-0.3, -0.25) is 0 Å². The Kier molecular flexibility index (Phi) is 3.67. The van der Waals surface area contributed by atoms with E-state index in [0.29, 0.717) is 18.7 Å². The number of hydrogen-bond donors (Lipinski definition) is 1. The van der Waals surface area contributed by atoms with Crippen LogP contribution in [0.4, 0.5) is 0 Å². The lowest BCUT2D eigenvalue weighted by Gasteiger charge is -2.09. The van der Waals surface area contributed by atoms with Crippen LogP contribution in [0.3, 0.4) is 0 Å². The molecule has 2 aromatic rings. The second-order valence-electron chi connectivity index (χ2n) is 4.48. The minimum absolute atomic E-state index is 0.186. The molecule has 0 bridgehead atoms. The molecule has 0 aliphatic heterocycles. The first kappa shape index (κ1) is 12.6. The number of carboxylic acid groups (broad SMARTS) is 1. The Hall–Kier alpha value is -1.81. The van der Waals surface area contributed by atoms with Crippen molar-refractivity contribution in [3.8, 4) is 0 Å². The van der Waals surface area contributed by atoms with E-state index in [9.17, 15) is 4.79 Å². The van der Waals surface area contributed by atoms with Crippen molar-refractivity contribution in [3.05, 3.63) is 36.0 Å². The third-order valence-electron chi connectivity index (χ3n) is 2.80. The van der Waals surface area contributed by atoms with Gasteiger partial charge in [0.25, 0.3) is 0 Å². The van der Waals surface area contributed by atoms with Crippen LogP contribution in [0, 0.1) is 0 Å². The normalized spacial score (nSPS) is 11.3. The molecule has 0 atom stereocenters. The molecule has 0 saturated heterocycles. The summed E-state index contributed by atoms with van der Waals surface area (Å²) in [7, 11) is 0. The molecular weight excluding hydrogens is 230 g/mol. The number of nitrogens with zero attached hydrogens (tertiary/aromatic N) is 1. The Bertz CT molecular complexity index is 557. The molecule has 0 amide bonds. The van der Waals surface area contributed by atoms with Gasteiger partial charge in [0.05, 0.1) is 18.3 Å². The second kappa shape index (κ2) is 5.23. The van der Waals surface area contributed by atoms with E-state index in [-0.39, 0.29) is 6.10 Å². The fourth-order valence-electron chi connectivity index (χ4n) is 1.99. The van der Waals surface area contributed by atoms with Crippen molar-refractivity contribution in [2.24, 2.45) is 0 Å². The van der Waals surface area contributed by atoms with Crippen molar-refractivity contribution in [2.45, 2.75) is 26.5 Å². The quantitative estimate of drug-likeness (QED) is 0.883. The lowest BCUT2D eigenvalue weighted by molar-refractivity contribution is 0.0692. The number of aromatic carboxylic acids is 1. The topological polar surface area (TPSA) is 51.5 Å². The van der Waals surface area contributed by atoms with E-state index in [4.69, 9.17) is 9.84 Å². The average Bonchev–Trinajstić information content (AvgIpc) is 2.68. The Labute approximate surface area is 106 Å². The van der Waals surface area contributed by atoms with E-state index in [1.807, 2.05) is 42.7 Å². The molecule has 0 aliphatic carbocycles. The number of fused-ring (bicyclic) bond motifs is 1. The van der Waals surface area contributed by atoms with Gasteiger partial charge in [-0.15, -0.1) is 0 Å². The van der Waals surface area contributed by atoms with Crippen LogP contribution in [-0.4, -0.2) is 28.4 Å². The second-order valence-corrected chi connectivity index (χ2v) is 4.48. The van der Waals surface area contributed by atoms with Crippen LogP contribution in [0.5, 0.6) is 0 Å². The van der Waals surface area contributed by atoms with Crippen LogP contribution >= 0.6 is 0 Å². The molecule has 1 heterocycles. The van der Waals surface area contributed by atoms with E-state index in [1.54, 1.807) is 6.20 Å². The van der Waals surface area contributed by atoms with Gasteiger partial charge >= 0.3 is 5.97 Å². The molecule has 0 fully saturated rings. The zero-order valence-electron chi connectivity index (χ0n) is 10.6. The molecule has 4 heteroatoms. The predicted octanol–water partition coefficient (Wildman–Crippen LogP) is 2.76. The monoisotopic (exact) mass is 247 g/mol. The smallest absolute Gasteiger partial charge is 0.337 e. The van der Waals surface area contributed by atoms with Crippen LogP contribution in [0.15, 0.2) is 30.5 Å². The maximum Gasteiger partial charge on any atom is 0.337 e. The first-order valence-corrected chi connectivity index (χ1v) is 6.02. The maximum absolute atomic E-state index is 11.2. The highest BCUT2D eigenvalue weighted by molar-refractivity contribution is 6.03. The molecule has 1 aromatic carbocycles. The van der Waals surface area contributed by atoms with Gasteiger partial charge in [0, 0.05) is 23.6 Å². The average molecular weight is 247 g/mol. The molecule has 96 valence electrons. The first-order chi connectivity index (χ1) is 8.59. The number of carboxylic acids is 1. The highest BCUT2D eigenvalue weighted by Crippen LogP contribution is 2.21. The van der Waals surface area contributed by atoms with Gasteiger partial charge in [0.15, 0.2) is 0 Å². The fraction of sp³-hybridized carbons (Fsp3) is 0.357. The molecule has 18 heavy (non-hydrogen) atoms. The molecule has 0 spiro atoms. The summed E-state index contributed by atoms with van der Waals surface area (Å²) >= 11 is 0. The van der Waals surface area contributed by atoms with Gasteiger partial charge in [-0.05, 0) is 19.9 Å². The van der Waals surface area contributed by atoms with Gasteiger partial charge in [-0.25, -0.2) is 4.79 Å². The SMILES string of the molecule is CC(C)OCCn1cc(C(=O)O)c2ccccc21. The molecule has 0 unspecified atom stereocenters. The van der Waals surface area contributed by atoms with Crippen LogP contribution in [0.2, 0.25) is 0 Å². The summed E-state index contributed by atoms with van der Waals surface area (Å²) in [5.74, 6) is -0.894. The van der Waals surface area contributed by atoms with Gasteiger partial charge in [-0.1, -0.05) is 18.2 Å². The molecule has 1 N–H and O–H groups in total. The molecular formula is C14H17NO3. The first-order valence-electron chi connectivity index (χ1n) is 6.02. The lowest BCUT2D eigenvalue weighted by atomic mass is 10.2. The highest BCUT2D eigenvalue weighted by atomic mass is 16.5. The number of benzene rings is 1. The van der Waals surface area contributed by atoms with E-state index in [2.05, 4.69) is 0 Å². The number of rotatable bonds is 5. The summed E-state index contributed by atoms with van der Waals surface area (Å²) < 4.78 is 7.43. The number of ether oxygens (including phenoxy) is 1. The fourth-order valence-corrected chi connectivity index (χ4v) is 1.99. The zero-order chi connectivity index (χ0) is 13.1. The number of hydrogen-bond acceptors (Lipinski definition) is 2. The Morgan fingerprint density at radius 3 is 2.78 bits per heavy atom. The Balaban J connectivity index is 2.30. The molecule has 2 rings (SSSR count). The number of para-hydroxylation sites is 1. The summed E-state index contributed by atoms with van der Waals surface area (Å²) in [6, 6.07) is 7.52. The van der Waals surface area contributed by atoms with E-state index >= 15 is 0 Å².